The molecule has 0 aromatic heterocycles. The van der Waals surface area contributed by atoms with Crippen molar-refractivity contribution in [2.75, 3.05) is 5.75 Å². The molecule has 3 atom stereocenters. The first-order valence-corrected chi connectivity index (χ1v) is 6.08. The van der Waals surface area contributed by atoms with Crippen LogP contribution >= 0.6 is 11.8 Å². The van der Waals surface area contributed by atoms with Crippen LogP contribution in [0.15, 0.2) is 0 Å². The Labute approximate surface area is 102 Å². The number of hydrogen-bond acceptors (Lipinski definition) is 6. The lowest BCUT2D eigenvalue weighted by atomic mass is 10.1. The van der Waals surface area contributed by atoms with Gasteiger partial charge in [-0.1, -0.05) is 0 Å². The minimum absolute atomic E-state index is 0.0602. The van der Waals surface area contributed by atoms with E-state index in [9.17, 15) is 14.4 Å². The highest BCUT2D eigenvalue weighted by atomic mass is 32.2. The molecule has 1 fully saturated rings. The molecule has 1 aliphatic heterocycles. The van der Waals surface area contributed by atoms with Crippen molar-refractivity contribution in [1.82, 2.24) is 5.32 Å². The molecule has 5 N–H and O–H groups in total. The average molecular weight is 262 g/mol. The number of nitrogens with two attached hydrogens (primary N) is 1. The molecule has 1 rings (SSSR count). The second-order valence-electron chi connectivity index (χ2n) is 3.71. The first-order valence-electron chi connectivity index (χ1n) is 5.03. The van der Waals surface area contributed by atoms with Crippen LogP contribution in [-0.2, 0) is 14.4 Å². The zero-order valence-corrected chi connectivity index (χ0v) is 9.77. The molecule has 1 saturated heterocycles. The number of thioether (sulfide) groups is 1. The average Bonchev–Trinajstić information content (AvgIpc) is 2.73. The van der Waals surface area contributed by atoms with E-state index in [2.05, 4.69) is 5.32 Å². The zero-order chi connectivity index (χ0) is 13.0. The molecule has 2 unspecified atom stereocenters. The van der Waals surface area contributed by atoms with Gasteiger partial charge in [0.2, 0.25) is 0 Å². The van der Waals surface area contributed by atoms with Gasteiger partial charge in [0.15, 0.2) is 5.78 Å². The van der Waals surface area contributed by atoms with Crippen LogP contribution in [-0.4, -0.2) is 51.1 Å². The van der Waals surface area contributed by atoms with Crippen molar-refractivity contribution >= 4 is 29.5 Å². The fourth-order valence-electron chi connectivity index (χ4n) is 1.39. The van der Waals surface area contributed by atoms with Gasteiger partial charge in [-0.3, -0.25) is 19.7 Å². The van der Waals surface area contributed by atoms with E-state index in [-0.39, 0.29) is 18.6 Å². The summed E-state index contributed by atoms with van der Waals surface area (Å²) in [5, 5.41) is 19.2. The molecule has 0 aromatic rings. The predicted molar refractivity (Wildman–Crippen MR) is 60.7 cm³/mol. The third kappa shape index (κ3) is 3.99. The van der Waals surface area contributed by atoms with Crippen LogP contribution in [0.1, 0.15) is 12.8 Å². The first-order chi connectivity index (χ1) is 7.91. The number of nitrogens with one attached hydrogen (secondary N) is 1. The monoisotopic (exact) mass is 262 g/mol. The Balaban J connectivity index is 2.43. The van der Waals surface area contributed by atoms with Gasteiger partial charge in [-0.2, -0.15) is 0 Å². The number of carbonyl (C=O) groups is 3. The second kappa shape index (κ2) is 5.99. The number of Topliss-reactive ketones (excluding diaryl/α,β-unsaturated/α-hetero) is 1. The van der Waals surface area contributed by atoms with Crippen LogP contribution in [0.4, 0.5) is 0 Å². The van der Waals surface area contributed by atoms with Gasteiger partial charge < -0.3 is 15.9 Å². The van der Waals surface area contributed by atoms with Gasteiger partial charge in [0.1, 0.15) is 11.4 Å². The summed E-state index contributed by atoms with van der Waals surface area (Å²) in [4.78, 5) is 32.7. The van der Waals surface area contributed by atoms with E-state index in [1.807, 2.05) is 0 Å². The highest BCUT2D eigenvalue weighted by Gasteiger charge is 2.35. The number of aliphatic carboxylic acids is 2. The molecule has 0 radical (unpaired) electrons. The summed E-state index contributed by atoms with van der Waals surface area (Å²) in [6, 6.07) is -1.62. The lowest BCUT2D eigenvalue weighted by molar-refractivity contribution is -0.139. The van der Waals surface area contributed by atoms with Crippen molar-refractivity contribution in [2.45, 2.75) is 30.3 Å². The predicted octanol–water partition coefficient (Wildman–Crippen LogP) is -1.14. The van der Waals surface area contributed by atoms with Crippen molar-refractivity contribution in [3.63, 3.8) is 0 Å². The van der Waals surface area contributed by atoms with E-state index < -0.39 is 29.4 Å². The Morgan fingerprint density at radius 1 is 1.41 bits per heavy atom. The van der Waals surface area contributed by atoms with E-state index in [1.54, 1.807) is 0 Å². The molecule has 17 heavy (non-hydrogen) atoms. The fraction of sp³-hybridized carbons (Fsp3) is 0.667. The molecule has 1 heterocycles. The molecule has 0 spiro atoms. The lowest BCUT2D eigenvalue weighted by Gasteiger charge is -2.14. The van der Waals surface area contributed by atoms with Crippen molar-refractivity contribution < 1.29 is 24.6 Å². The molecule has 0 aromatic carbocycles. The van der Waals surface area contributed by atoms with Crippen LogP contribution in [0, 0.1) is 0 Å². The Bertz CT molecular complexity index is 335. The van der Waals surface area contributed by atoms with E-state index in [4.69, 9.17) is 15.9 Å². The van der Waals surface area contributed by atoms with Gasteiger partial charge in [0.05, 0.1) is 6.04 Å². The fourth-order valence-corrected chi connectivity index (χ4v) is 2.62. The maximum absolute atomic E-state index is 11.7. The number of ketones is 1. The van der Waals surface area contributed by atoms with E-state index in [1.165, 1.54) is 11.8 Å². The SMILES string of the molecule is N[C@@H](CCC(=O)O)C(=O)C1NC(C(=O)O)CS1. The summed E-state index contributed by atoms with van der Waals surface area (Å²) in [5.41, 5.74) is 5.55. The van der Waals surface area contributed by atoms with Gasteiger partial charge in [-0.25, -0.2) is 0 Å². The quantitative estimate of drug-likeness (QED) is 0.473. The van der Waals surface area contributed by atoms with E-state index in [0.717, 1.165) is 0 Å². The topological polar surface area (TPSA) is 130 Å². The molecular weight excluding hydrogens is 248 g/mol. The Kier molecular flexibility index (Phi) is 4.91. The van der Waals surface area contributed by atoms with Crippen LogP contribution in [0.3, 0.4) is 0 Å². The Morgan fingerprint density at radius 2 is 2.06 bits per heavy atom. The summed E-state index contributed by atoms with van der Waals surface area (Å²) < 4.78 is 0. The van der Waals surface area contributed by atoms with Gasteiger partial charge >= 0.3 is 11.9 Å². The largest absolute Gasteiger partial charge is 0.481 e. The number of carboxylic acids is 2. The number of hydrogen-bond donors (Lipinski definition) is 4. The zero-order valence-electron chi connectivity index (χ0n) is 8.96. The summed E-state index contributed by atoms with van der Waals surface area (Å²) in [6.45, 7) is 0. The second-order valence-corrected chi connectivity index (χ2v) is 4.85. The van der Waals surface area contributed by atoms with Crippen LogP contribution in [0.5, 0.6) is 0 Å². The lowest BCUT2D eigenvalue weighted by Crippen LogP contribution is -2.46. The smallest absolute Gasteiger partial charge is 0.321 e. The van der Waals surface area contributed by atoms with Gasteiger partial charge in [0, 0.05) is 12.2 Å². The molecule has 1 aliphatic rings. The Morgan fingerprint density at radius 3 is 2.53 bits per heavy atom. The highest BCUT2D eigenvalue weighted by molar-refractivity contribution is 8.00. The molecule has 0 bridgehead atoms. The maximum atomic E-state index is 11.7. The number of carbonyl (C=O) groups excluding carboxylic acids is 1. The molecule has 0 aliphatic carbocycles. The number of carboxylic acid groups (broad SMARTS) is 2. The Hall–Kier alpha value is -1.12. The molecule has 96 valence electrons. The summed E-state index contributed by atoms with van der Waals surface area (Å²) in [5.74, 6) is -2.06. The molecular formula is C9H14N2O5S. The van der Waals surface area contributed by atoms with E-state index >= 15 is 0 Å². The molecule has 7 nitrogen and oxygen atoms in total. The van der Waals surface area contributed by atoms with Crippen molar-refractivity contribution in [2.24, 2.45) is 5.73 Å². The third-order valence-corrected chi connectivity index (χ3v) is 3.60. The first kappa shape index (κ1) is 13.9. The maximum Gasteiger partial charge on any atom is 0.321 e. The third-order valence-electron chi connectivity index (χ3n) is 2.37. The van der Waals surface area contributed by atoms with Crippen LogP contribution < -0.4 is 11.1 Å². The minimum atomic E-state index is -1.01. The van der Waals surface area contributed by atoms with Gasteiger partial charge in [-0.15, -0.1) is 11.8 Å². The highest BCUT2D eigenvalue weighted by Crippen LogP contribution is 2.21. The summed E-state index contributed by atoms with van der Waals surface area (Å²) in [6.07, 6.45) is -0.114. The molecule has 8 heteroatoms. The normalized spacial score (nSPS) is 25.5. The van der Waals surface area contributed by atoms with Gasteiger partial charge in [0.25, 0.3) is 0 Å². The summed E-state index contributed by atoms with van der Waals surface area (Å²) >= 11 is 1.18. The van der Waals surface area contributed by atoms with Gasteiger partial charge in [-0.05, 0) is 6.42 Å². The van der Waals surface area contributed by atoms with Crippen molar-refractivity contribution in [1.29, 1.82) is 0 Å². The van der Waals surface area contributed by atoms with E-state index in [0.29, 0.717) is 5.75 Å². The summed E-state index contributed by atoms with van der Waals surface area (Å²) in [7, 11) is 0. The number of rotatable bonds is 6. The minimum Gasteiger partial charge on any atom is -0.481 e. The van der Waals surface area contributed by atoms with Crippen LogP contribution in [0.2, 0.25) is 0 Å². The van der Waals surface area contributed by atoms with Crippen molar-refractivity contribution in [3.8, 4) is 0 Å². The molecule has 0 amide bonds. The van der Waals surface area contributed by atoms with Crippen molar-refractivity contribution in [3.05, 3.63) is 0 Å². The van der Waals surface area contributed by atoms with Crippen LogP contribution in [0.25, 0.3) is 0 Å². The molecule has 0 saturated carbocycles. The standard InChI is InChI=1S/C9H14N2O5S/c10-4(1-2-6(12)13)7(14)8-11-5(3-17-8)9(15)16/h4-5,8,11H,1-3,10H2,(H,12,13)(H,15,16)/t4-,5?,8?/m0/s1.